The summed E-state index contributed by atoms with van der Waals surface area (Å²) in [6.45, 7) is 0. The third-order valence-electron chi connectivity index (χ3n) is 1.24. The van der Waals surface area contributed by atoms with Gasteiger partial charge >= 0.3 is 0 Å². The minimum absolute atomic E-state index is 0.992. The van der Waals surface area contributed by atoms with E-state index in [0.717, 1.165) is 10.4 Å². The van der Waals surface area contributed by atoms with Gasteiger partial charge in [0.2, 0.25) is 0 Å². The Kier molecular flexibility index (Phi) is 1.61. The molecule has 0 atom stereocenters. The van der Waals surface area contributed by atoms with Crippen molar-refractivity contribution in [3.8, 4) is 10.4 Å². The smallest absolute Gasteiger partial charge is 0.197 e. The van der Waals surface area contributed by atoms with E-state index in [1.807, 2.05) is 0 Å². The van der Waals surface area contributed by atoms with Gasteiger partial charge in [-0.1, -0.05) is 0 Å². The van der Waals surface area contributed by atoms with E-state index in [-0.39, 0.29) is 0 Å². The lowest BCUT2D eigenvalue weighted by Crippen LogP contribution is -1.78. The minimum Gasteiger partial charge on any atom is -0.252 e. The Hall–Kier alpha value is -1.29. The summed E-state index contributed by atoms with van der Waals surface area (Å²) in [7, 11) is 0. The van der Waals surface area contributed by atoms with Crippen molar-refractivity contribution in [1.82, 2.24) is 15.0 Å². The molecular formula is C7H4N3S. The van der Waals surface area contributed by atoms with Gasteiger partial charge in [-0.25, -0.2) is 9.97 Å². The molecule has 1 radical (unpaired) electrons. The molecular weight excluding hydrogens is 158 g/mol. The van der Waals surface area contributed by atoms with Crippen LogP contribution < -0.4 is 0 Å². The number of hydrogen-bond donors (Lipinski definition) is 0. The summed E-state index contributed by atoms with van der Waals surface area (Å²) in [6, 6.07) is 0. The molecule has 2 rings (SSSR count). The lowest BCUT2D eigenvalue weighted by Gasteiger charge is -1.90. The second kappa shape index (κ2) is 2.75. The molecule has 3 nitrogen and oxygen atoms in total. The van der Waals surface area contributed by atoms with E-state index in [4.69, 9.17) is 0 Å². The first-order valence-corrected chi connectivity index (χ1v) is 3.92. The minimum atomic E-state index is 0.992. The van der Waals surface area contributed by atoms with Gasteiger partial charge in [0, 0.05) is 24.2 Å². The van der Waals surface area contributed by atoms with Crippen LogP contribution in [0.1, 0.15) is 0 Å². The Labute approximate surface area is 67.8 Å². The maximum absolute atomic E-state index is 3.95. The highest BCUT2D eigenvalue weighted by molar-refractivity contribution is 7.13. The van der Waals surface area contributed by atoms with Gasteiger partial charge < -0.3 is 0 Å². The fourth-order valence-corrected chi connectivity index (χ4v) is 1.35. The van der Waals surface area contributed by atoms with Gasteiger partial charge in [-0.3, -0.25) is 4.98 Å². The number of thiazole rings is 1. The molecule has 0 aliphatic heterocycles. The predicted octanol–water partition coefficient (Wildman–Crippen LogP) is 1.40. The second-order valence-corrected chi connectivity index (χ2v) is 2.82. The molecule has 0 unspecified atom stereocenters. The normalized spacial score (nSPS) is 9.82. The van der Waals surface area contributed by atoms with E-state index in [1.165, 1.54) is 0 Å². The van der Waals surface area contributed by atoms with Crippen molar-refractivity contribution in [1.29, 1.82) is 0 Å². The van der Waals surface area contributed by atoms with Crippen LogP contribution in [0.4, 0.5) is 0 Å². The number of aromatic nitrogens is 3. The maximum atomic E-state index is 3.95. The Morgan fingerprint density at radius 3 is 2.64 bits per heavy atom. The first kappa shape index (κ1) is 6.42. The van der Waals surface area contributed by atoms with Crippen molar-refractivity contribution in [2.45, 2.75) is 0 Å². The van der Waals surface area contributed by atoms with Crippen LogP contribution in [-0.4, -0.2) is 15.0 Å². The molecule has 0 saturated heterocycles. The SMILES string of the molecule is [c]1ncc(-c2cncs2)cn1. The van der Waals surface area contributed by atoms with Gasteiger partial charge in [-0.05, 0) is 0 Å². The highest BCUT2D eigenvalue weighted by Gasteiger charge is 1.97. The molecule has 0 N–H and O–H groups in total. The largest absolute Gasteiger partial charge is 0.252 e. The first-order chi connectivity index (χ1) is 5.47. The molecule has 2 aromatic heterocycles. The van der Waals surface area contributed by atoms with E-state index >= 15 is 0 Å². The zero-order valence-corrected chi connectivity index (χ0v) is 6.38. The van der Waals surface area contributed by atoms with E-state index in [1.54, 1.807) is 35.4 Å². The standard InChI is InChI=1S/C7H4N3S/c1-6(2-9-4-8-1)7-3-10-5-11-7/h1-3,5H. The van der Waals surface area contributed by atoms with Crippen LogP contribution in [0, 0.1) is 6.33 Å². The number of rotatable bonds is 1. The lowest BCUT2D eigenvalue weighted by molar-refractivity contribution is 1.15. The van der Waals surface area contributed by atoms with Crippen LogP contribution in [0.15, 0.2) is 24.1 Å². The molecule has 11 heavy (non-hydrogen) atoms. The average molecular weight is 162 g/mol. The Balaban J connectivity index is 2.46. The molecule has 0 aromatic carbocycles. The van der Waals surface area contributed by atoms with Gasteiger partial charge in [-0.2, -0.15) is 0 Å². The van der Waals surface area contributed by atoms with Crippen molar-refractivity contribution in [2.24, 2.45) is 0 Å². The molecule has 0 aliphatic rings. The third-order valence-corrected chi connectivity index (χ3v) is 2.06. The molecule has 2 aromatic rings. The van der Waals surface area contributed by atoms with Crippen molar-refractivity contribution in [2.75, 3.05) is 0 Å². The highest BCUT2D eigenvalue weighted by atomic mass is 32.1. The molecule has 0 spiro atoms. The van der Waals surface area contributed by atoms with Crippen LogP contribution in [0.3, 0.4) is 0 Å². The summed E-state index contributed by atoms with van der Waals surface area (Å²) in [5.41, 5.74) is 2.78. The first-order valence-electron chi connectivity index (χ1n) is 3.04. The van der Waals surface area contributed by atoms with Gasteiger partial charge in [0.15, 0.2) is 6.33 Å². The third kappa shape index (κ3) is 1.25. The summed E-state index contributed by atoms with van der Waals surface area (Å²) in [5.74, 6) is 0. The molecule has 0 bridgehead atoms. The summed E-state index contributed by atoms with van der Waals surface area (Å²) in [5, 5.41) is 0. The van der Waals surface area contributed by atoms with Gasteiger partial charge in [0.25, 0.3) is 0 Å². The van der Waals surface area contributed by atoms with Crippen LogP contribution >= 0.6 is 11.3 Å². The van der Waals surface area contributed by atoms with E-state index in [9.17, 15) is 0 Å². The second-order valence-electron chi connectivity index (χ2n) is 1.94. The summed E-state index contributed by atoms with van der Waals surface area (Å²) in [6.07, 6.45) is 7.72. The van der Waals surface area contributed by atoms with Crippen molar-refractivity contribution < 1.29 is 0 Å². The van der Waals surface area contributed by atoms with Crippen LogP contribution in [0.2, 0.25) is 0 Å². The zero-order valence-electron chi connectivity index (χ0n) is 5.56. The molecule has 53 valence electrons. The summed E-state index contributed by atoms with van der Waals surface area (Å²) >= 11 is 1.57. The topological polar surface area (TPSA) is 38.7 Å². The van der Waals surface area contributed by atoms with Crippen molar-refractivity contribution >= 4 is 11.3 Å². The summed E-state index contributed by atoms with van der Waals surface area (Å²) in [4.78, 5) is 12.6. The molecule has 0 amide bonds. The van der Waals surface area contributed by atoms with E-state index in [2.05, 4.69) is 21.3 Å². The lowest BCUT2D eigenvalue weighted by atomic mass is 10.3. The van der Waals surface area contributed by atoms with Crippen LogP contribution in [-0.2, 0) is 0 Å². The molecule has 0 saturated carbocycles. The van der Waals surface area contributed by atoms with Crippen molar-refractivity contribution in [3.05, 3.63) is 30.4 Å². The zero-order chi connectivity index (χ0) is 7.52. The Bertz CT molecular complexity index is 317. The van der Waals surface area contributed by atoms with Gasteiger partial charge in [0.05, 0.1) is 10.4 Å². The van der Waals surface area contributed by atoms with E-state index in [0.29, 0.717) is 0 Å². The Morgan fingerprint density at radius 1 is 1.18 bits per heavy atom. The maximum Gasteiger partial charge on any atom is 0.197 e. The van der Waals surface area contributed by atoms with Crippen molar-refractivity contribution in [3.63, 3.8) is 0 Å². The molecule has 0 aliphatic carbocycles. The number of hydrogen-bond acceptors (Lipinski definition) is 4. The fourth-order valence-electron chi connectivity index (χ4n) is 0.749. The predicted molar refractivity (Wildman–Crippen MR) is 42.0 cm³/mol. The van der Waals surface area contributed by atoms with Crippen LogP contribution in [0.25, 0.3) is 10.4 Å². The average Bonchev–Trinajstić information content (AvgIpc) is 2.58. The highest BCUT2D eigenvalue weighted by Crippen LogP contribution is 2.20. The number of nitrogens with zero attached hydrogens (tertiary/aromatic N) is 3. The molecule has 2 heterocycles. The Morgan fingerprint density at radius 2 is 2.00 bits per heavy atom. The monoisotopic (exact) mass is 162 g/mol. The fraction of sp³-hybridized carbons (Fsp3) is 0. The molecule has 0 fully saturated rings. The summed E-state index contributed by atoms with van der Waals surface area (Å²) < 4.78 is 0. The quantitative estimate of drug-likeness (QED) is 0.636. The van der Waals surface area contributed by atoms with E-state index < -0.39 is 0 Å². The van der Waals surface area contributed by atoms with Gasteiger partial charge in [-0.15, -0.1) is 11.3 Å². The van der Waals surface area contributed by atoms with Gasteiger partial charge in [0.1, 0.15) is 0 Å². The van der Waals surface area contributed by atoms with Crippen LogP contribution in [0.5, 0.6) is 0 Å². The molecule has 4 heteroatoms.